The summed E-state index contributed by atoms with van der Waals surface area (Å²) in [5.41, 5.74) is 1.19. The topological polar surface area (TPSA) is 46.2 Å². The van der Waals surface area contributed by atoms with Crippen molar-refractivity contribution in [2.24, 2.45) is 0 Å². The summed E-state index contributed by atoms with van der Waals surface area (Å²) in [7, 11) is 0. The Labute approximate surface area is 157 Å². The summed E-state index contributed by atoms with van der Waals surface area (Å²) in [6, 6.07) is 6.25. The second kappa shape index (κ2) is 7.40. The van der Waals surface area contributed by atoms with E-state index in [2.05, 4.69) is 0 Å². The number of amides is 1. The lowest BCUT2D eigenvalue weighted by molar-refractivity contribution is -0.167. The van der Waals surface area contributed by atoms with Crippen LogP contribution in [0.1, 0.15) is 45.6 Å². The number of anilines is 1. The maximum Gasteiger partial charge on any atom is 0.471 e. The molecule has 1 aliphatic rings. The van der Waals surface area contributed by atoms with Crippen molar-refractivity contribution < 1.29 is 22.8 Å². The highest BCUT2D eigenvalue weighted by atomic mass is 35.5. The van der Waals surface area contributed by atoms with E-state index in [4.69, 9.17) is 11.6 Å². The van der Waals surface area contributed by atoms with E-state index in [-0.39, 0.29) is 16.1 Å². The van der Waals surface area contributed by atoms with E-state index < -0.39 is 17.9 Å². The van der Waals surface area contributed by atoms with Gasteiger partial charge < -0.3 is 5.32 Å². The third-order valence-corrected chi connectivity index (χ3v) is 5.66. The molecular weight excluding hydrogens is 387 g/mol. The van der Waals surface area contributed by atoms with Crippen LogP contribution in [0.5, 0.6) is 0 Å². The Balaban J connectivity index is 2.07. The molecule has 3 nitrogen and oxygen atoms in total. The average molecular weight is 402 g/mol. The molecule has 26 heavy (non-hydrogen) atoms. The smallest absolute Gasteiger partial charge is 0.309 e. The number of hydrogen-bond donors (Lipinski definition) is 1. The van der Waals surface area contributed by atoms with Crippen LogP contribution < -0.4 is 5.32 Å². The number of carbonyl (C=O) groups excluding carboxylic acids is 2. The Morgan fingerprint density at radius 1 is 1.12 bits per heavy atom. The molecule has 1 amide bonds. The van der Waals surface area contributed by atoms with E-state index in [9.17, 15) is 22.8 Å². The predicted octanol–water partition coefficient (Wildman–Crippen LogP) is 5.40. The zero-order chi connectivity index (χ0) is 18.9. The molecule has 0 spiro atoms. The molecule has 138 valence electrons. The molecule has 8 heteroatoms. The Bertz CT molecular complexity index is 861. The average Bonchev–Trinajstić information content (AvgIpc) is 2.74. The number of fused-ring (bicyclic) bond motifs is 1. The Morgan fingerprint density at radius 3 is 2.54 bits per heavy atom. The van der Waals surface area contributed by atoms with Crippen LogP contribution in [0, 0.1) is 0 Å². The summed E-state index contributed by atoms with van der Waals surface area (Å²) < 4.78 is 38.0. The molecule has 0 radical (unpaired) electrons. The number of halogens is 4. The van der Waals surface area contributed by atoms with E-state index in [1.165, 1.54) is 6.07 Å². The zero-order valence-electron chi connectivity index (χ0n) is 13.6. The van der Waals surface area contributed by atoms with Crippen molar-refractivity contribution in [2.75, 3.05) is 5.32 Å². The van der Waals surface area contributed by atoms with Crippen LogP contribution in [0.4, 0.5) is 18.2 Å². The van der Waals surface area contributed by atoms with Gasteiger partial charge in [0.2, 0.25) is 0 Å². The minimum atomic E-state index is -5.02. The lowest BCUT2D eigenvalue weighted by atomic mass is 9.97. The fraction of sp³-hybridized carbons (Fsp3) is 0.333. The van der Waals surface area contributed by atoms with Gasteiger partial charge in [-0.25, -0.2) is 0 Å². The van der Waals surface area contributed by atoms with Gasteiger partial charge in [-0.15, -0.1) is 11.3 Å². The second-order valence-electron chi connectivity index (χ2n) is 6.06. The lowest BCUT2D eigenvalue weighted by Gasteiger charge is -2.10. The molecule has 0 saturated carbocycles. The summed E-state index contributed by atoms with van der Waals surface area (Å²) in [6.45, 7) is 0. The van der Waals surface area contributed by atoms with Crippen LogP contribution >= 0.6 is 22.9 Å². The number of hydrogen-bond acceptors (Lipinski definition) is 3. The highest BCUT2D eigenvalue weighted by Crippen LogP contribution is 2.39. The van der Waals surface area contributed by atoms with Gasteiger partial charge in [-0.2, -0.15) is 13.2 Å². The first-order valence-corrected chi connectivity index (χ1v) is 9.30. The third-order valence-electron chi connectivity index (χ3n) is 4.22. The van der Waals surface area contributed by atoms with Crippen molar-refractivity contribution in [2.45, 2.75) is 38.3 Å². The molecule has 0 fully saturated rings. The molecule has 2 aromatic rings. The van der Waals surface area contributed by atoms with E-state index in [0.717, 1.165) is 41.0 Å². The van der Waals surface area contributed by atoms with Crippen LogP contribution in [0.3, 0.4) is 0 Å². The number of alkyl halides is 3. The lowest BCUT2D eigenvalue weighted by Crippen LogP contribution is -2.30. The van der Waals surface area contributed by atoms with Gasteiger partial charge in [0.15, 0.2) is 5.78 Å². The Morgan fingerprint density at radius 2 is 1.85 bits per heavy atom. The standard InChI is InChI=1S/C18H15ClF3NO2S/c19-11-6-4-5-10(9-11)15(24)14-12-7-2-1-3-8-13(12)26-16(14)23-17(25)18(20,21)22/h4-6,9H,1-3,7-8H2,(H,23,25). The Kier molecular flexibility index (Phi) is 5.39. The predicted molar refractivity (Wildman–Crippen MR) is 95.1 cm³/mol. The van der Waals surface area contributed by atoms with Crippen molar-refractivity contribution in [3.63, 3.8) is 0 Å². The van der Waals surface area contributed by atoms with Gasteiger partial charge in [0, 0.05) is 15.5 Å². The van der Waals surface area contributed by atoms with Gasteiger partial charge in [0.05, 0.1) is 5.56 Å². The van der Waals surface area contributed by atoms with E-state index in [0.29, 0.717) is 17.9 Å². The molecular formula is C18H15ClF3NO2S. The van der Waals surface area contributed by atoms with Crippen LogP contribution in [0.2, 0.25) is 5.02 Å². The molecule has 1 aromatic carbocycles. The highest BCUT2D eigenvalue weighted by molar-refractivity contribution is 7.17. The summed E-state index contributed by atoms with van der Waals surface area (Å²) in [5, 5.41) is 2.22. The maximum atomic E-state index is 13.0. The van der Waals surface area contributed by atoms with Gasteiger partial charge in [0.1, 0.15) is 5.00 Å². The molecule has 0 atom stereocenters. The molecule has 0 aliphatic heterocycles. The normalized spacial score (nSPS) is 14.5. The zero-order valence-corrected chi connectivity index (χ0v) is 15.2. The number of thiophene rings is 1. The van der Waals surface area contributed by atoms with Crippen LogP contribution in [0.25, 0.3) is 0 Å². The molecule has 3 rings (SSSR count). The first-order chi connectivity index (χ1) is 12.3. The molecule has 0 saturated heterocycles. The first-order valence-electron chi connectivity index (χ1n) is 8.10. The SMILES string of the molecule is O=C(c1cccc(Cl)c1)c1c(NC(=O)C(F)(F)F)sc2c1CCCCC2. The highest BCUT2D eigenvalue weighted by Gasteiger charge is 2.40. The maximum absolute atomic E-state index is 13.0. The first kappa shape index (κ1) is 18.9. The van der Waals surface area contributed by atoms with Crippen LogP contribution in [0.15, 0.2) is 24.3 Å². The minimum Gasteiger partial charge on any atom is -0.309 e. The van der Waals surface area contributed by atoms with E-state index >= 15 is 0 Å². The van der Waals surface area contributed by atoms with E-state index in [1.807, 2.05) is 5.32 Å². The quantitative estimate of drug-likeness (QED) is 0.552. The molecule has 1 heterocycles. The van der Waals surface area contributed by atoms with Gasteiger partial charge in [-0.3, -0.25) is 9.59 Å². The minimum absolute atomic E-state index is 0.0378. The van der Waals surface area contributed by atoms with Gasteiger partial charge in [0.25, 0.3) is 0 Å². The van der Waals surface area contributed by atoms with Crippen molar-refractivity contribution in [1.29, 1.82) is 0 Å². The molecule has 1 aromatic heterocycles. The van der Waals surface area contributed by atoms with Gasteiger partial charge in [-0.05, 0) is 43.4 Å². The third kappa shape index (κ3) is 3.94. The number of carbonyl (C=O) groups is 2. The fourth-order valence-electron chi connectivity index (χ4n) is 3.02. The number of ketones is 1. The van der Waals surface area contributed by atoms with E-state index in [1.54, 1.807) is 18.2 Å². The van der Waals surface area contributed by atoms with Crippen LogP contribution in [-0.2, 0) is 17.6 Å². The largest absolute Gasteiger partial charge is 0.471 e. The van der Waals surface area contributed by atoms with Gasteiger partial charge in [-0.1, -0.05) is 30.2 Å². The molecule has 0 unspecified atom stereocenters. The molecule has 0 bridgehead atoms. The summed E-state index contributed by atoms with van der Waals surface area (Å²) in [6.07, 6.45) is -0.960. The second-order valence-corrected chi connectivity index (χ2v) is 7.60. The van der Waals surface area contributed by atoms with Crippen LogP contribution in [-0.4, -0.2) is 17.9 Å². The molecule has 1 aliphatic carbocycles. The summed E-state index contributed by atoms with van der Waals surface area (Å²) in [5.74, 6) is -2.50. The number of rotatable bonds is 3. The number of aryl methyl sites for hydroxylation is 1. The van der Waals surface area contributed by atoms with Crippen molar-refractivity contribution >= 4 is 39.6 Å². The monoisotopic (exact) mass is 401 g/mol. The summed E-state index contributed by atoms with van der Waals surface area (Å²) in [4.78, 5) is 25.3. The van der Waals surface area contributed by atoms with Crippen molar-refractivity contribution in [3.05, 3.63) is 50.9 Å². The fourth-order valence-corrected chi connectivity index (χ4v) is 4.49. The van der Waals surface area contributed by atoms with Crippen molar-refractivity contribution in [1.82, 2.24) is 0 Å². The number of benzene rings is 1. The molecule has 1 N–H and O–H groups in total. The number of nitrogens with one attached hydrogen (secondary N) is 1. The van der Waals surface area contributed by atoms with Gasteiger partial charge >= 0.3 is 12.1 Å². The Hall–Kier alpha value is -1.86. The summed E-state index contributed by atoms with van der Waals surface area (Å²) >= 11 is 7.00. The van der Waals surface area contributed by atoms with Crippen molar-refractivity contribution in [3.8, 4) is 0 Å².